The number of allylic oxidation sites excluding steroid dienone is 1. The third-order valence-corrected chi connectivity index (χ3v) is 7.23. The first-order valence-electron chi connectivity index (χ1n) is 6.99. The standard InChI is InChI=1S/C7H18O2Si2.2C4H6O2/c1-10(7-5-6-8)9-11(2,3)4;2*1-3(2)4(5)6/h5-6,8,10H,7H2,1-4H3;2*1H2,2H3,(H,5,6). The van der Waals surface area contributed by atoms with E-state index in [2.05, 4.69) is 39.3 Å². The molecular formula is C15H30O6Si2. The van der Waals surface area contributed by atoms with Gasteiger partial charge in [0.25, 0.3) is 0 Å². The van der Waals surface area contributed by atoms with Crippen molar-refractivity contribution in [2.45, 2.75) is 46.1 Å². The van der Waals surface area contributed by atoms with Crippen molar-refractivity contribution in [1.29, 1.82) is 0 Å². The van der Waals surface area contributed by atoms with E-state index in [1.807, 2.05) is 0 Å². The summed E-state index contributed by atoms with van der Waals surface area (Å²) in [4.78, 5) is 19.2. The van der Waals surface area contributed by atoms with E-state index in [4.69, 9.17) is 19.4 Å². The van der Waals surface area contributed by atoms with Crippen LogP contribution in [-0.2, 0) is 13.7 Å². The van der Waals surface area contributed by atoms with Crippen LogP contribution in [0.1, 0.15) is 13.8 Å². The molecule has 0 fully saturated rings. The number of aliphatic carboxylic acids is 2. The van der Waals surface area contributed by atoms with Gasteiger partial charge in [-0.3, -0.25) is 0 Å². The Labute approximate surface area is 141 Å². The molecule has 8 heteroatoms. The Balaban J connectivity index is -0.000000284. The minimum atomic E-state index is -1.32. The second kappa shape index (κ2) is 14.0. The molecule has 3 N–H and O–H groups in total. The van der Waals surface area contributed by atoms with Gasteiger partial charge in [-0.05, 0) is 46.1 Å². The van der Waals surface area contributed by atoms with Crippen LogP contribution in [0.4, 0.5) is 0 Å². The van der Waals surface area contributed by atoms with E-state index in [1.165, 1.54) is 13.8 Å². The van der Waals surface area contributed by atoms with Gasteiger partial charge in [-0.1, -0.05) is 19.2 Å². The first-order valence-corrected chi connectivity index (χ1v) is 12.8. The average Bonchev–Trinajstić information content (AvgIpc) is 2.35. The van der Waals surface area contributed by atoms with Gasteiger partial charge in [0.1, 0.15) is 0 Å². The molecular weight excluding hydrogens is 332 g/mol. The van der Waals surface area contributed by atoms with Crippen LogP contribution < -0.4 is 0 Å². The quantitative estimate of drug-likeness (QED) is 0.379. The highest BCUT2D eigenvalue weighted by atomic mass is 28.4. The molecule has 0 rings (SSSR count). The van der Waals surface area contributed by atoms with Gasteiger partial charge in [0.2, 0.25) is 0 Å². The summed E-state index contributed by atoms with van der Waals surface area (Å²) in [6.45, 7) is 17.9. The minimum absolute atomic E-state index is 0.176. The van der Waals surface area contributed by atoms with Gasteiger partial charge in [-0.25, -0.2) is 9.59 Å². The van der Waals surface area contributed by atoms with E-state index >= 15 is 0 Å². The molecule has 0 saturated carbocycles. The Morgan fingerprint density at radius 3 is 1.57 bits per heavy atom. The fraction of sp³-hybridized carbons (Fsp3) is 0.467. The van der Waals surface area contributed by atoms with Crippen molar-refractivity contribution in [3.63, 3.8) is 0 Å². The van der Waals surface area contributed by atoms with Crippen LogP contribution in [0.3, 0.4) is 0 Å². The predicted octanol–water partition coefficient (Wildman–Crippen LogP) is 3.56. The molecule has 0 amide bonds. The zero-order valence-electron chi connectivity index (χ0n) is 14.9. The number of carboxylic acids is 2. The third kappa shape index (κ3) is 29.1. The minimum Gasteiger partial charge on any atom is -0.516 e. The van der Waals surface area contributed by atoms with Crippen LogP contribution in [-0.4, -0.2) is 44.6 Å². The monoisotopic (exact) mass is 362 g/mol. The number of aliphatic hydroxyl groups is 1. The lowest BCUT2D eigenvalue weighted by Crippen LogP contribution is -2.32. The number of carbonyl (C=O) groups is 2. The van der Waals surface area contributed by atoms with Gasteiger partial charge in [-0.15, -0.1) is 0 Å². The third-order valence-electron chi connectivity index (χ3n) is 1.86. The van der Waals surface area contributed by atoms with Gasteiger partial charge in [-0.2, -0.15) is 0 Å². The van der Waals surface area contributed by atoms with Crippen molar-refractivity contribution in [3.8, 4) is 0 Å². The molecule has 23 heavy (non-hydrogen) atoms. The SMILES string of the molecule is C=C(C)C(=O)O.C=C(C)C(=O)O.C[SiH](CC=CO)O[Si](C)(C)C. The zero-order chi connectivity index (χ0) is 19.2. The summed E-state index contributed by atoms with van der Waals surface area (Å²) in [5.41, 5.74) is 0.352. The Hall–Kier alpha value is -1.65. The van der Waals surface area contributed by atoms with Crippen LogP contribution >= 0.6 is 0 Å². The largest absolute Gasteiger partial charge is 0.516 e. The van der Waals surface area contributed by atoms with Crippen molar-refractivity contribution in [3.05, 3.63) is 36.6 Å². The number of aliphatic hydroxyl groups excluding tert-OH is 1. The fourth-order valence-electron chi connectivity index (χ4n) is 0.904. The van der Waals surface area contributed by atoms with Crippen LogP contribution in [0.15, 0.2) is 36.6 Å². The molecule has 6 nitrogen and oxygen atoms in total. The van der Waals surface area contributed by atoms with Crippen molar-refractivity contribution < 1.29 is 29.0 Å². The van der Waals surface area contributed by atoms with E-state index in [9.17, 15) is 9.59 Å². The Morgan fingerprint density at radius 2 is 1.39 bits per heavy atom. The molecule has 0 aliphatic rings. The molecule has 0 aliphatic heterocycles. The number of rotatable bonds is 6. The topological polar surface area (TPSA) is 104 Å². The lowest BCUT2D eigenvalue weighted by Gasteiger charge is -2.21. The summed E-state index contributed by atoms with van der Waals surface area (Å²) >= 11 is 0. The van der Waals surface area contributed by atoms with Crippen LogP contribution in [0.5, 0.6) is 0 Å². The molecule has 0 radical (unpaired) electrons. The zero-order valence-corrected chi connectivity index (χ0v) is 17.1. The van der Waals surface area contributed by atoms with Gasteiger partial charge < -0.3 is 19.4 Å². The van der Waals surface area contributed by atoms with Gasteiger partial charge in [0, 0.05) is 11.1 Å². The fourth-order valence-corrected chi connectivity index (χ4v) is 6.62. The summed E-state index contributed by atoms with van der Waals surface area (Å²) < 4.78 is 5.86. The van der Waals surface area contributed by atoms with E-state index in [0.29, 0.717) is 0 Å². The maximum atomic E-state index is 9.60. The lowest BCUT2D eigenvalue weighted by molar-refractivity contribution is -0.133. The molecule has 0 aliphatic carbocycles. The second-order valence-electron chi connectivity index (χ2n) is 5.83. The number of carboxylic acid groups (broad SMARTS) is 2. The van der Waals surface area contributed by atoms with Crippen molar-refractivity contribution in [2.24, 2.45) is 0 Å². The Kier molecular flexibility index (Phi) is 16.0. The molecule has 0 bridgehead atoms. The highest BCUT2D eigenvalue weighted by Crippen LogP contribution is 2.07. The maximum Gasteiger partial charge on any atom is 0.330 e. The molecule has 134 valence electrons. The van der Waals surface area contributed by atoms with Crippen molar-refractivity contribution in [1.82, 2.24) is 0 Å². The van der Waals surface area contributed by atoms with Crippen LogP contribution in [0.25, 0.3) is 0 Å². The van der Waals surface area contributed by atoms with E-state index in [-0.39, 0.29) is 11.1 Å². The molecule has 0 heterocycles. The van der Waals surface area contributed by atoms with Crippen molar-refractivity contribution >= 4 is 29.3 Å². The lowest BCUT2D eigenvalue weighted by atomic mass is 10.4. The summed E-state index contributed by atoms with van der Waals surface area (Å²) in [6.07, 6.45) is 2.88. The maximum absolute atomic E-state index is 9.60. The molecule has 0 spiro atoms. The van der Waals surface area contributed by atoms with Crippen molar-refractivity contribution in [2.75, 3.05) is 0 Å². The van der Waals surface area contributed by atoms with E-state index < -0.39 is 29.3 Å². The Morgan fingerprint density at radius 1 is 1.09 bits per heavy atom. The molecule has 0 aromatic heterocycles. The predicted molar refractivity (Wildman–Crippen MR) is 98.9 cm³/mol. The summed E-state index contributed by atoms with van der Waals surface area (Å²) in [5, 5.41) is 24.2. The molecule has 0 saturated heterocycles. The first kappa shape index (κ1) is 26.3. The summed E-state index contributed by atoms with van der Waals surface area (Å²) in [5.74, 6) is -1.87. The normalized spacial score (nSPS) is 11.4. The number of hydrogen-bond donors (Lipinski definition) is 3. The van der Waals surface area contributed by atoms with Gasteiger partial charge >= 0.3 is 11.9 Å². The first-order chi connectivity index (χ1) is 10.2. The summed E-state index contributed by atoms with van der Waals surface area (Å²) in [7, 11) is -2.35. The van der Waals surface area contributed by atoms with Crippen LogP contribution in [0, 0.1) is 0 Å². The highest BCUT2D eigenvalue weighted by molar-refractivity contribution is 6.77. The average molecular weight is 363 g/mol. The smallest absolute Gasteiger partial charge is 0.330 e. The molecule has 1 unspecified atom stereocenters. The Bertz CT molecular complexity index is 376. The van der Waals surface area contributed by atoms with Gasteiger partial charge in [0.15, 0.2) is 17.4 Å². The van der Waals surface area contributed by atoms with Gasteiger partial charge in [0.05, 0.1) is 6.26 Å². The number of hydrogen-bond acceptors (Lipinski definition) is 4. The molecule has 0 aromatic carbocycles. The van der Waals surface area contributed by atoms with E-state index in [0.717, 1.165) is 12.3 Å². The molecule has 0 aromatic rings. The highest BCUT2D eigenvalue weighted by Gasteiger charge is 2.17. The summed E-state index contributed by atoms with van der Waals surface area (Å²) in [6, 6.07) is 0.931. The second-order valence-corrected chi connectivity index (χ2v) is 13.1. The van der Waals surface area contributed by atoms with Crippen LogP contribution in [0.2, 0.25) is 32.2 Å². The molecule has 1 atom stereocenters. The van der Waals surface area contributed by atoms with E-state index in [1.54, 1.807) is 6.08 Å².